The molecule has 4 rings (SSSR count). The van der Waals surface area contributed by atoms with Crippen LogP contribution in [0.4, 0.5) is 4.39 Å². The number of hydrogen-bond acceptors (Lipinski definition) is 6. The van der Waals surface area contributed by atoms with Crippen molar-refractivity contribution in [2.75, 3.05) is 25.7 Å². The minimum absolute atomic E-state index is 0.149. The van der Waals surface area contributed by atoms with Crippen LogP contribution in [-0.4, -0.2) is 46.3 Å². The van der Waals surface area contributed by atoms with Gasteiger partial charge in [-0.3, -0.25) is 4.79 Å². The Morgan fingerprint density at radius 3 is 2.69 bits per heavy atom. The fourth-order valence-corrected chi connectivity index (χ4v) is 4.23. The smallest absolute Gasteiger partial charge is 0.236 e. The van der Waals surface area contributed by atoms with Gasteiger partial charge in [0.25, 0.3) is 0 Å². The maximum Gasteiger partial charge on any atom is 0.236 e. The van der Waals surface area contributed by atoms with E-state index in [0.717, 1.165) is 11.1 Å². The summed E-state index contributed by atoms with van der Waals surface area (Å²) in [5.41, 5.74) is 5.06. The molecular formula is C20H20FN5O2S. The standard InChI is InChI=1S/C20H20FN5O2S/c1-28-12-11-22-19(27)17-16(13-7-9-15(21)10-8-13)25-26-18(23-24-20(26)29-17)14-5-3-2-4-6-14/h2-10,16-17,25H,11-12H2,1H3,(H,22,27)/t16-,17+/m1/s1. The van der Waals surface area contributed by atoms with Crippen LogP contribution >= 0.6 is 11.8 Å². The summed E-state index contributed by atoms with van der Waals surface area (Å²) >= 11 is 1.33. The summed E-state index contributed by atoms with van der Waals surface area (Å²) in [5, 5.41) is 11.5. The van der Waals surface area contributed by atoms with Crippen LogP contribution < -0.4 is 10.7 Å². The third-order valence-corrected chi connectivity index (χ3v) is 5.78. The van der Waals surface area contributed by atoms with Crippen LogP contribution in [-0.2, 0) is 9.53 Å². The topological polar surface area (TPSA) is 81.1 Å². The van der Waals surface area contributed by atoms with E-state index in [4.69, 9.17) is 4.74 Å². The van der Waals surface area contributed by atoms with E-state index in [0.29, 0.717) is 24.1 Å². The number of hydrogen-bond donors (Lipinski definition) is 2. The van der Waals surface area contributed by atoms with E-state index in [1.807, 2.05) is 30.3 Å². The van der Waals surface area contributed by atoms with E-state index >= 15 is 0 Å². The van der Waals surface area contributed by atoms with Crippen molar-refractivity contribution in [2.45, 2.75) is 16.4 Å². The summed E-state index contributed by atoms with van der Waals surface area (Å²) in [5.74, 6) is 0.177. The number of nitrogens with one attached hydrogen (secondary N) is 2. The molecule has 0 radical (unpaired) electrons. The molecular weight excluding hydrogens is 393 g/mol. The van der Waals surface area contributed by atoms with Crippen LogP contribution in [0.1, 0.15) is 11.6 Å². The molecule has 7 nitrogen and oxygen atoms in total. The van der Waals surface area contributed by atoms with E-state index < -0.39 is 11.3 Å². The zero-order valence-corrected chi connectivity index (χ0v) is 16.5. The summed E-state index contributed by atoms with van der Waals surface area (Å²) < 4.78 is 20.2. The molecule has 2 aromatic carbocycles. The number of amides is 1. The normalized spacial score (nSPS) is 18.0. The van der Waals surface area contributed by atoms with Gasteiger partial charge in [-0.15, -0.1) is 10.2 Å². The molecule has 1 aliphatic heterocycles. The number of halogens is 1. The molecule has 29 heavy (non-hydrogen) atoms. The van der Waals surface area contributed by atoms with Crippen molar-refractivity contribution in [1.29, 1.82) is 0 Å². The second kappa shape index (κ2) is 8.62. The van der Waals surface area contributed by atoms with Crippen LogP contribution in [0.5, 0.6) is 0 Å². The third-order valence-electron chi connectivity index (χ3n) is 4.56. The number of nitrogens with zero attached hydrogens (tertiary/aromatic N) is 3. The Morgan fingerprint density at radius 2 is 1.97 bits per heavy atom. The first-order chi connectivity index (χ1) is 14.2. The molecule has 2 heterocycles. The van der Waals surface area contributed by atoms with E-state index in [1.165, 1.54) is 23.9 Å². The van der Waals surface area contributed by atoms with E-state index in [9.17, 15) is 9.18 Å². The van der Waals surface area contributed by atoms with Crippen molar-refractivity contribution in [1.82, 2.24) is 20.2 Å². The molecule has 150 valence electrons. The van der Waals surface area contributed by atoms with Crippen LogP contribution in [0.15, 0.2) is 59.8 Å². The molecule has 0 spiro atoms. The van der Waals surface area contributed by atoms with Gasteiger partial charge in [0.1, 0.15) is 11.1 Å². The van der Waals surface area contributed by atoms with Crippen molar-refractivity contribution in [3.05, 3.63) is 66.0 Å². The first-order valence-corrected chi connectivity index (χ1v) is 10.0. The largest absolute Gasteiger partial charge is 0.383 e. The average Bonchev–Trinajstić information content (AvgIpc) is 3.17. The van der Waals surface area contributed by atoms with Gasteiger partial charge in [-0.2, -0.15) is 0 Å². The predicted octanol–water partition coefficient (Wildman–Crippen LogP) is 2.61. The second-order valence-electron chi connectivity index (χ2n) is 6.49. The zero-order valence-electron chi connectivity index (χ0n) is 15.7. The van der Waals surface area contributed by atoms with Gasteiger partial charge < -0.3 is 15.5 Å². The summed E-state index contributed by atoms with van der Waals surface area (Å²) in [6.07, 6.45) is 0. The number of ether oxygens (including phenoxy) is 1. The van der Waals surface area contributed by atoms with Gasteiger partial charge in [0.05, 0.1) is 12.6 Å². The molecule has 0 aliphatic carbocycles. The van der Waals surface area contributed by atoms with E-state index in [2.05, 4.69) is 20.9 Å². The van der Waals surface area contributed by atoms with Crippen molar-refractivity contribution >= 4 is 17.7 Å². The van der Waals surface area contributed by atoms with Gasteiger partial charge in [0.2, 0.25) is 11.1 Å². The SMILES string of the molecule is COCCNC(=O)[C@H]1Sc2nnc(-c3ccccc3)n2N[C@@H]1c1ccc(F)cc1. The average molecular weight is 413 g/mol. The lowest BCUT2D eigenvalue weighted by Crippen LogP contribution is -2.44. The molecule has 0 saturated carbocycles. The van der Waals surface area contributed by atoms with Crippen LogP contribution in [0.2, 0.25) is 0 Å². The molecule has 0 bridgehead atoms. The lowest BCUT2D eigenvalue weighted by Gasteiger charge is -2.33. The first-order valence-electron chi connectivity index (χ1n) is 9.13. The van der Waals surface area contributed by atoms with Gasteiger partial charge in [-0.05, 0) is 17.7 Å². The minimum Gasteiger partial charge on any atom is -0.383 e. The van der Waals surface area contributed by atoms with Gasteiger partial charge in [-0.1, -0.05) is 54.2 Å². The molecule has 1 aromatic heterocycles. The Labute approximate surface area is 171 Å². The lowest BCUT2D eigenvalue weighted by molar-refractivity contribution is -0.121. The Hall–Kier alpha value is -2.91. The summed E-state index contributed by atoms with van der Waals surface area (Å²) in [7, 11) is 1.58. The molecule has 3 aromatic rings. The van der Waals surface area contributed by atoms with E-state index in [-0.39, 0.29) is 11.7 Å². The van der Waals surface area contributed by atoms with Crippen LogP contribution in [0.25, 0.3) is 11.4 Å². The number of carbonyl (C=O) groups is 1. The minimum atomic E-state index is -0.502. The summed E-state index contributed by atoms with van der Waals surface area (Å²) in [4.78, 5) is 12.9. The number of rotatable bonds is 6. The monoisotopic (exact) mass is 413 g/mol. The fraction of sp³-hybridized carbons (Fsp3) is 0.250. The Balaban J connectivity index is 1.68. The van der Waals surface area contributed by atoms with Gasteiger partial charge in [0.15, 0.2) is 5.82 Å². The highest BCUT2D eigenvalue weighted by atomic mass is 32.2. The summed E-state index contributed by atoms with van der Waals surface area (Å²) in [6.45, 7) is 0.830. The fourth-order valence-electron chi connectivity index (χ4n) is 3.13. The van der Waals surface area contributed by atoms with Gasteiger partial charge in [-0.25, -0.2) is 9.07 Å². The molecule has 2 atom stereocenters. The van der Waals surface area contributed by atoms with Crippen LogP contribution in [0, 0.1) is 5.82 Å². The Kier molecular flexibility index (Phi) is 5.77. The lowest BCUT2D eigenvalue weighted by atomic mass is 10.0. The molecule has 1 aliphatic rings. The zero-order chi connectivity index (χ0) is 20.2. The Morgan fingerprint density at radius 1 is 1.21 bits per heavy atom. The molecule has 1 amide bonds. The third kappa shape index (κ3) is 4.10. The summed E-state index contributed by atoms with van der Waals surface area (Å²) in [6, 6.07) is 15.4. The highest BCUT2D eigenvalue weighted by Crippen LogP contribution is 2.38. The number of methoxy groups -OCH3 is 1. The Bertz CT molecular complexity index is 980. The highest BCUT2D eigenvalue weighted by Gasteiger charge is 2.37. The van der Waals surface area contributed by atoms with E-state index in [1.54, 1.807) is 23.9 Å². The van der Waals surface area contributed by atoms with Gasteiger partial charge in [0, 0.05) is 19.2 Å². The number of carbonyl (C=O) groups excluding carboxylic acids is 1. The van der Waals surface area contributed by atoms with Crippen LogP contribution in [0.3, 0.4) is 0 Å². The number of thioether (sulfide) groups is 1. The van der Waals surface area contributed by atoms with Crippen molar-refractivity contribution in [3.8, 4) is 11.4 Å². The highest BCUT2D eigenvalue weighted by molar-refractivity contribution is 8.00. The molecule has 9 heteroatoms. The predicted molar refractivity (Wildman–Crippen MR) is 108 cm³/mol. The second-order valence-corrected chi connectivity index (χ2v) is 7.60. The first kappa shape index (κ1) is 19.4. The molecule has 0 saturated heterocycles. The van der Waals surface area contributed by atoms with Crippen molar-refractivity contribution < 1.29 is 13.9 Å². The maximum atomic E-state index is 13.4. The quantitative estimate of drug-likeness (QED) is 0.605. The van der Waals surface area contributed by atoms with Gasteiger partial charge >= 0.3 is 0 Å². The molecule has 0 fully saturated rings. The van der Waals surface area contributed by atoms with Crippen molar-refractivity contribution in [3.63, 3.8) is 0 Å². The molecule has 0 unspecified atom stereocenters. The van der Waals surface area contributed by atoms with Crippen molar-refractivity contribution in [2.24, 2.45) is 0 Å². The molecule has 2 N–H and O–H groups in total. The number of fused-ring (bicyclic) bond motifs is 1. The number of benzene rings is 2. The number of aromatic nitrogens is 3. The maximum absolute atomic E-state index is 13.4.